The van der Waals surface area contributed by atoms with Crippen LogP contribution < -0.4 is 0 Å². The molecule has 0 aromatic rings. The van der Waals surface area contributed by atoms with Gasteiger partial charge in [0.05, 0.1) is 6.21 Å². The molecule has 3 rings (SSSR count). The Hall–Kier alpha value is -0.530. The third-order valence-corrected chi connectivity index (χ3v) is 3.59. The highest BCUT2D eigenvalue weighted by atomic mass is 16.6. The van der Waals surface area contributed by atoms with Crippen LogP contribution in [-0.2, 0) is 4.84 Å². The van der Waals surface area contributed by atoms with Gasteiger partial charge in [0.25, 0.3) is 0 Å². The minimum Gasteiger partial charge on any atom is -0.392 e. The smallest absolute Gasteiger partial charge is 0.138 e. The van der Waals surface area contributed by atoms with Crippen LogP contribution in [-0.4, -0.2) is 12.3 Å². The van der Waals surface area contributed by atoms with Crippen molar-refractivity contribution in [3.63, 3.8) is 0 Å². The first-order chi connectivity index (χ1) is 5.47. The summed E-state index contributed by atoms with van der Waals surface area (Å²) in [6, 6.07) is 0. The van der Waals surface area contributed by atoms with E-state index in [0.717, 1.165) is 11.8 Å². The molecule has 1 heterocycles. The zero-order valence-electron chi connectivity index (χ0n) is 6.57. The molecule has 0 spiro atoms. The zero-order valence-corrected chi connectivity index (χ0v) is 6.57. The van der Waals surface area contributed by atoms with Crippen LogP contribution in [0.15, 0.2) is 5.16 Å². The van der Waals surface area contributed by atoms with E-state index in [0.29, 0.717) is 12.0 Å². The van der Waals surface area contributed by atoms with E-state index >= 15 is 0 Å². The van der Waals surface area contributed by atoms with E-state index < -0.39 is 0 Å². The van der Waals surface area contributed by atoms with Gasteiger partial charge in [-0.3, -0.25) is 0 Å². The van der Waals surface area contributed by atoms with Crippen molar-refractivity contribution in [2.75, 3.05) is 0 Å². The van der Waals surface area contributed by atoms with E-state index in [1.54, 1.807) is 0 Å². The Morgan fingerprint density at radius 3 is 2.91 bits per heavy atom. The van der Waals surface area contributed by atoms with E-state index in [4.69, 9.17) is 4.84 Å². The van der Waals surface area contributed by atoms with Crippen LogP contribution in [0, 0.1) is 17.8 Å². The quantitative estimate of drug-likeness (QED) is 0.517. The van der Waals surface area contributed by atoms with Crippen LogP contribution in [0.1, 0.15) is 25.7 Å². The summed E-state index contributed by atoms with van der Waals surface area (Å²) in [4.78, 5) is 5.29. The van der Waals surface area contributed by atoms with Crippen LogP contribution in [0.4, 0.5) is 0 Å². The average Bonchev–Trinajstić information content (AvgIpc) is 2.44. The summed E-state index contributed by atoms with van der Waals surface area (Å²) in [5, 5.41) is 3.91. The first kappa shape index (κ1) is 6.04. The van der Waals surface area contributed by atoms with Gasteiger partial charge in [0.2, 0.25) is 0 Å². The second-order valence-electron chi connectivity index (χ2n) is 4.01. The Morgan fingerprint density at radius 1 is 1.18 bits per heavy atom. The summed E-state index contributed by atoms with van der Waals surface area (Å²) in [5.74, 6) is 2.48. The first-order valence-corrected chi connectivity index (χ1v) is 4.66. The van der Waals surface area contributed by atoms with Gasteiger partial charge in [-0.2, -0.15) is 0 Å². The van der Waals surface area contributed by atoms with E-state index in [1.165, 1.54) is 25.7 Å². The molecule has 0 amide bonds. The highest BCUT2D eigenvalue weighted by Gasteiger charge is 2.54. The lowest BCUT2D eigenvalue weighted by molar-refractivity contribution is -0.107. The fourth-order valence-electron chi connectivity index (χ4n) is 2.98. The Bertz CT molecular complexity index is 202. The third kappa shape index (κ3) is 0.652. The second kappa shape index (κ2) is 1.99. The molecule has 2 fully saturated rings. The Labute approximate surface area is 66.6 Å². The largest absolute Gasteiger partial charge is 0.392 e. The summed E-state index contributed by atoms with van der Waals surface area (Å²) in [6.07, 6.45) is 8.15. The predicted octanol–water partition coefficient (Wildman–Crippen LogP) is 1.81. The molecule has 11 heavy (non-hydrogen) atoms. The molecule has 0 radical (unpaired) electrons. The van der Waals surface area contributed by atoms with Gasteiger partial charge in [0.15, 0.2) is 0 Å². The maximum Gasteiger partial charge on any atom is 0.138 e. The normalized spacial score (nSPS) is 52.4. The molecule has 2 heteroatoms. The van der Waals surface area contributed by atoms with E-state index in [-0.39, 0.29) is 0 Å². The average molecular weight is 151 g/mol. The van der Waals surface area contributed by atoms with E-state index in [2.05, 4.69) is 5.16 Å². The van der Waals surface area contributed by atoms with Gasteiger partial charge in [0.1, 0.15) is 6.10 Å². The van der Waals surface area contributed by atoms with Crippen LogP contribution in [0.3, 0.4) is 0 Å². The summed E-state index contributed by atoms with van der Waals surface area (Å²) in [7, 11) is 0. The number of fused-ring (bicyclic) bond motifs is 4. The van der Waals surface area contributed by atoms with Gasteiger partial charge < -0.3 is 4.84 Å². The highest BCUT2D eigenvalue weighted by Crippen LogP contribution is 2.51. The van der Waals surface area contributed by atoms with E-state index in [1.807, 2.05) is 6.21 Å². The number of nitrogens with zero attached hydrogens (tertiary/aromatic N) is 1. The molecule has 4 unspecified atom stereocenters. The molecular formula is C9H13NO. The van der Waals surface area contributed by atoms with Crippen molar-refractivity contribution in [1.29, 1.82) is 0 Å². The zero-order chi connectivity index (χ0) is 7.26. The van der Waals surface area contributed by atoms with Crippen molar-refractivity contribution in [2.24, 2.45) is 22.9 Å². The monoisotopic (exact) mass is 151 g/mol. The molecule has 2 aliphatic carbocycles. The molecule has 0 aromatic carbocycles. The Balaban J connectivity index is 1.81. The lowest BCUT2D eigenvalue weighted by atomic mass is 9.57. The van der Waals surface area contributed by atoms with Crippen molar-refractivity contribution in [3.8, 4) is 0 Å². The van der Waals surface area contributed by atoms with Gasteiger partial charge in [0, 0.05) is 11.8 Å². The van der Waals surface area contributed by atoms with E-state index in [9.17, 15) is 0 Å². The second-order valence-corrected chi connectivity index (χ2v) is 4.01. The molecule has 60 valence electrons. The number of oxime groups is 1. The number of rotatable bonds is 0. The van der Waals surface area contributed by atoms with Crippen molar-refractivity contribution in [2.45, 2.75) is 31.8 Å². The van der Waals surface area contributed by atoms with Gasteiger partial charge >= 0.3 is 0 Å². The third-order valence-electron chi connectivity index (χ3n) is 3.59. The van der Waals surface area contributed by atoms with Crippen LogP contribution in [0.5, 0.6) is 0 Å². The minimum atomic E-state index is 0.486. The highest BCUT2D eigenvalue weighted by molar-refractivity contribution is 5.65. The topological polar surface area (TPSA) is 21.6 Å². The fraction of sp³-hybridized carbons (Fsp3) is 0.889. The van der Waals surface area contributed by atoms with Crippen molar-refractivity contribution in [3.05, 3.63) is 0 Å². The predicted molar refractivity (Wildman–Crippen MR) is 42.3 cm³/mol. The van der Waals surface area contributed by atoms with Gasteiger partial charge in [-0.05, 0) is 18.8 Å². The molecule has 1 aliphatic heterocycles. The summed E-state index contributed by atoms with van der Waals surface area (Å²) < 4.78 is 0. The lowest BCUT2D eigenvalue weighted by Gasteiger charge is -2.48. The van der Waals surface area contributed by atoms with Crippen LogP contribution >= 0.6 is 0 Å². The Kier molecular flexibility index (Phi) is 1.09. The SMILES string of the molecule is C1=NOC2C1C1CCCCC12. The number of hydrogen-bond acceptors (Lipinski definition) is 2. The maximum absolute atomic E-state index is 5.29. The van der Waals surface area contributed by atoms with Crippen molar-refractivity contribution >= 4 is 6.21 Å². The molecule has 2 nitrogen and oxygen atoms in total. The molecule has 3 aliphatic rings. The van der Waals surface area contributed by atoms with Gasteiger partial charge in [-0.25, -0.2) is 0 Å². The molecule has 0 saturated heterocycles. The van der Waals surface area contributed by atoms with Crippen LogP contribution in [0.2, 0.25) is 0 Å². The standard InChI is InChI=1S/C9H13NO/c1-2-4-7-6(3-1)8-5-10-11-9(7)8/h5-9H,1-4H2. The first-order valence-electron chi connectivity index (χ1n) is 4.66. The molecule has 0 aromatic heterocycles. The minimum absolute atomic E-state index is 0.486. The maximum atomic E-state index is 5.29. The van der Waals surface area contributed by atoms with Crippen LogP contribution in [0.25, 0.3) is 0 Å². The van der Waals surface area contributed by atoms with Gasteiger partial charge in [-0.15, -0.1) is 0 Å². The number of hydrogen-bond donors (Lipinski definition) is 0. The summed E-state index contributed by atoms with van der Waals surface area (Å²) in [6.45, 7) is 0. The lowest BCUT2D eigenvalue weighted by Crippen LogP contribution is -2.51. The summed E-state index contributed by atoms with van der Waals surface area (Å²) in [5.41, 5.74) is 0. The van der Waals surface area contributed by atoms with Crippen molar-refractivity contribution in [1.82, 2.24) is 0 Å². The van der Waals surface area contributed by atoms with Crippen molar-refractivity contribution < 1.29 is 4.84 Å². The molecule has 0 N–H and O–H groups in total. The Morgan fingerprint density at radius 2 is 2.00 bits per heavy atom. The molecule has 2 saturated carbocycles. The fourth-order valence-corrected chi connectivity index (χ4v) is 2.98. The summed E-state index contributed by atoms with van der Waals surface area (Å²) >= 11 is 0. The van der Waals surface area contributed by atoms with Gasteiger partial charge in [-0.1, -0.05) is 18.0 Å². The molecule has 0 bridgehead atoms. The molecular weight excluding hydrogens is 138 g/mol. The molecule has 4 atom stereocenters.